The quantitative estimate of drug-likeness (QED) is 0.815. The summed E-state index contributed by atoms with van der Waals surface area (Å²) in [5, 5.41) is 12.5. The van der Waals surface area contributed by atoms with Gasteiger partial charge in [0.25, 0.3) is 0 Å². The Kier molecular flexibility index (Phi) is 2.28. The lowest BCUT2D eigenvalue weighted by Gasteiger charge is -2.04. The Bertz CT molecular complexity index is 271. The first-order valence-electron chi connectivity index (χ1n) is 3.04. The van der Waals surface area contributed by atoms with Crippen molar-refractivity contribution in [3.8, 4) is 0 Å². The molecule has 5 heteroatoms. The van der Waals surface area contributed by atoms with Crippen LogP contribution >= 0.6 is 15.9 Å². The second-order valence-corrected chi connectivity index (χ2v) is 2.95. The van der Waals surface area contributed by atoms with Crippen LogP contribution in [-0.4, -0.2) is 20.9 Å². The lowest BCUT2D eigenvalue weighted by molar-refractivity contribution is -0.140. The summed E-state index contributed by atoms with van der Waals surface area (Å²) in [4.78, 5) is 10.4. The number of hydrogen-bond donors (Lipinski definition) is 1. The third kappa shape index (κ3) is 1.80. The molecule has 60 valence electrons. The van der Waals surface area contributed by atoms with Crippen molar-refractivity contribution < 1.29 is 9.90 Å². The second-order valence-electron chi connectivity index (χ2n) is 2.13. The third-order valence-corrected chi connectivity index (χ3v) is 1.75. The van der Waals surface area contributed by atoms with Crippen LogP contribution in [0.3, 0.4) is 0 Å². The molecule has 11 heavy (non-hydrogen) atoms. The Labute approximate surface area is 72.0 Å². The number of rotatable bonds is 2. The number of halogens is 1. The Hall–Kier alpha value is -0.840. The molecule has 1 aromatic rings. The highest BCUT2D eigenvalue weighted by Gasteiger charge is 2.12. The molecule has 0 aliphatic rings. The molecule has 0 bridgehead atoms. The maximum atomic E-state index is 10.4. The molecule has 0 radical (unpaired) electrons. The number of carbonyl (C=O) groups is 1. The molecule has 1 rings (SSSR count). The predicted molar refractivity (Wildman–Crippen MR) is 42.3 cm³/mol. The first-order valence-corrected chi connectivity index (χ1v) is 3.84. The van der Waals surface area contributed by atoms with Gasteiger partial charge in [-0.3, -0.25) is 4.68 Å². The Morgan fingerprint density at radius 1 is 1.91 bits per heavy atom. The molecular weight excluding hydrogens is 212 g/mol. The van der Waals surface area contributed by atoms with Crippen LogP contribution in [0, 0.1) is 0 Å². The SMILES string of the molecule is CC(C(=O)O)n1ccc(Br)n1. The molecule has 0 amide bonds. The minimum Gasteiger partial charge on any atom is -0.480 e. The summed E-state index contributed by atoms with van der Waals surface area (Å²) in [6, 6.07) is 1.08. The summed E-state index contributed by atoms with van der Waals surface area (Å²) in [5.74, 6) is -0.888. The van der Waals surface area contributed by atoms with Crippen LogP contribution in [0.2, 0.25) is 0 Å². The summed E-state index contributed by atoms with van der Waals surface area (Å²) in [6.45, 7) is 1.57. The summed E-state index contributed by atoms with van der Waals surface area (Å²) in [6.07, 6.45) is 1.61. The van der Waals surface area contributed by atoms with Crippen LogP contribution in [0.5, 0.6) is 0 Å². The molecule has 0 saturated heterocycles. The molecule has 1 aromatic heterocycles. The minimum absolute atomic E-state index is 0.610. The normalized spacial score (nSPS) is 12.9. The van der Waals surface area contributed by atoms with Gasteiger partial charge in [0.15, 0.2) is 0 Å². The Morgan fingerprint density at radius 3 is 2.91 bits per heavy atom. The van der Waals surface area contributed by atoms with E-state index in [-0.39, 0.29) is 0 Å². The fourth-order valence-corrected chi connectivity index (χ4v) is 0.945. The Balaban J connectivity index is 2.84. The molecule has 0 aliphatic carbocycles. The van der Waals surface area contributed by atoms with Crippen molar-refractivity contribution in [2.75, 3.05) is 0 Å². The fourth-order valence-electron chi connectivity index (χ4n) is 0.644. The van der Waals surface area contributed by atoms with Gasteiger partial charge in [-0.1, -0.05) is 0 Å². The van der Waals surface area contributed by atoms with Gasteiger partial charge >= 0.3 is 5.97 Å². The van der Waals surface area contributed by atoms with Crippen molar-refractivity contribution in [2.45, 2.75) is 13.0 Å². The molecule has 4 nitrogen and oxygen atoms in total. The van der Waals surface area contributed by atoms with Crippen molar-refractivity contribution in [2.24, 2.45) is 0 Å². The van der Waals surface area contributed by atoms with E-state index in [1.807, 2.05) is 0 Å². The van der Waals surface area contributed by atoms with E-state index in [9.17, 15) is 4.79 Å². The average molecular weight is 219 g/mol. The van der Waals surface area contributed by atoms with Gasteiger partial charge in [0.2, 0.25) is 0 Å². The van der Waals surface area contributed by atoms with Gasteiger partial charge in [0.1, 0.15) is 10.6 Å². The van der Waals surface area contributed by atoms with Gasteiger partial charge in [0.05, 0.1) is 0 Å². The maximum absolute atomic E-state index is 10.4. The van der Waals surface area contributed by atoms with Crippen molar-refractivity contribution in [1.82, 2.24) is 9.78 Å². The van der Waals surface area contributed by atoms with Crippen LogP contribution in [0.25, 0.3) is 0 Å². The smallest absolute Gasteiger partial charge is 0.328 e. The van der Waals surface area contributed by atoms with Gasteiger partial charge in [0, 0.05) is 6.20 Å². The van der Waals surface area contributed by atoms with Gasteiger partial charge < -0.3 is 5.11 Å². The summed E-state index contributed by atoms with van der Waals surface area (Å²) < 4.78 is 2.03. The molecule has 1 N–H and O–H groups in total. The standard InChI is InChI=1S/C6H7BrN2O2/c1-4(6(10)11)9-3-2-5(7)8-9/h2-4H,1H3,(H,10,11). The molecule has 0 aromatic carbocycles. The van der Waals surface area contributed by atoms with Crippen molar-refractivity contribution in [1.29, 1.82) is 0 Å². The van der Waals surface area contributed by atoms with Gasteiger partial charge in [-0.25, -0.2) is 4.79 Å². The van der Waals surface area contributed by atoms with E-state index in [0.29, 0.717) is 4.60 Å². The molecule has 0 saturated carbocycles. The average Bonchev–Trinajstić information content (AvgIpc) is 2.34. The van der Waals surface area contributed by atoms with E-state index in [2.05, 4.69) is 21.0 Å². The van der Waals surface area contributed by atoms with E-state index in [1.165, 1.54) is 4.68 Å². The summed E-state index contributed by atoms with van der Waals surface area (Å²) in [5.41, 5.74) is 0. The number of carboxylic acid groups (broad SMARTS) is 1. The van der Waals surface area contributed by atoms with Gasteiger partial charge in [-0.05, 0) is 28.9 Å². The van der Waals surface area contributed by atoms with E-state index in [0.717, 1.165) is 0 Å². The van der Waals surface area contributed by atoms with E-state index >= 15 is 0 Å². The number of hydrogen-bond acceptors (Lipinski definition) is 2. The van der Waals surface area contributed by atoms with Gasteiger partial charge in [-0.2, -0.15) is 5.10 Å². The van der Waals surface area contributed by atoms with Crippen molar-refractivity contribution in [3.05, 3.63) is 16.9 Å². The van der Waals surface area contributed by atoms with Crippen LogP contribution < -0.4 is 0 Å². The largest absolute Gasteiger partial charge is 0.480 e. The van der Waals surface area contributed by atoms with Crippen molar-refractivity contribution in [3.63, 3.8) is 0 Å². The minimum atomic E-state index is -0.888. The highest BCUT2D eigenvalue weighted by atomic mass is 79.9. The fraction of sp³-hybridized carbons (Fsp3) is 0.333. The molecule has 1 atom stereocenters. The molecule has 0 fully saturated rings. The summed E-state index contributed by atoms with van der Waals surface area (Å²) >= 11 is 3.12. The van der Waals surface area contributed by atoms with Crippen LogP contribution in [0.1, 0.15) is 13.0 Å². The zero-order valence-electron chi connectivity index (χ0n) is 5.86. The van der Waals surface area contributed by atoms with Crippen molar-refractivity contribution >= 4 is 21.9 Å². The van der Waals surface area contributed by atoms with Crippen LogP contribution in [0.15, 0.2) is 16.9 Å². The highest BCUT2D eigenvalue weighted by Crippen LogP contribution is 2.09. The topological polar surface area (TPSA) is 55.1 Å². The van der Waals surface area contributed by atoms with E-state index < -0.39 is 12.0 Å². The molecule has 1 heterocycles. The summed E-state index contributed by atoms with van der Waals surface area (Å²) in [7, 11) is 0. The second kappa shape index (κ2) is 3.04. The van der Waals surface area contributed by atoms with Gasteiger partial charge in [-0.15, -0.1) is 0 Å². The lowest BCUT2D eigenvalue weighted by atomic mass is 10.4. The monoisotopic (exact) mass is 218 g/mol. The highest BCUT2D eigenvalue weighted by molar-refractivity contribution is 9.10. The van der Waals surface area contributed by atoms with Crippen LogP contribution in [0.4, 0.5) is 0 Å². The number of aliphatic carboxylic acids is 1. The molecule has 1 unspecified atom stereocenters. The molecule has 0 aliphatic heterocycles. The van der Waals surface area contributed by atoms with Crippen LogP contribution in [-0.2, 0) is 4.79 Å². The zero-order valence-corrected chi connectivity index (χ0v) is 7.45. The maximum Gasteiger partial charge on any atom is 0.328 e. The zero-order chi connectivity index (χ0) is 8.43. The molecular formula is C6H7BrN2O2. The predicted octanol–water partition coefficient (Wildman–Crippen LogP) is 1.29. The first-order chi connectivity index (χ1) is 5.11. The molecule has 0 spiro atoms. The Morgan fingerprint density at radius 2 is 2.55 bits per heavy atom. The number of nitrogens with zero attached hydrogens (tertiary/aromatic N) is 2. The first kappa shape index (κ1) is 8.26. The van der Waals surface area contributed by atoms with E-state index in [1.54, 1.807) is 19.2 Å². The number of aromatic nitrogens is 2. The number of carboxylic acids is 1. The van der Waals surface area contributed by atoms with E-state index in [4.69, 9.17) is 5.11 Å². The lowest BCUT2D eigenvalue weighted by Crippen LogP contribution is -2.15. The third-order valence-electron chi connectivity index (χ3n) is 1.33.